The highest BCUT2D eigenvalue weighted by Gasteiger charge is 2.31. The molecule has 34 aromatic rings. The first kappa shape index (κ1) is 77.2. The fourth-order valence-electron chi connectivity index (χ4n) is 25.5. The van der Waals surface area contributed by atoms with Crippen LogP contribution >= 0.6 is 0 Å². The fraction of sp³-hybridized carbons (Fsp3) is 0. The van der Waals surface area contributed by atoms with E-state index in [2.05, 4.69) is 424 Å². The van der Waals surface area contributed by atoms with Crippen molar-refractivity contribution < 1.29 is 0 Å². The van der Waals surface area contributed by atoms with Crippen LogP contribution < -0.4 is 0 Å². The maximum Gasteiger partial charge on any atom is 0.164 e. The van der Waals surface area contributed by atoms with Crippen molar-refractivity contribution >= 4 is 233 Å². The molecule has 7 heteroatoms. The van der Waals surface area contributed by atoms with E-state index in [9.17, 15) is 0 Å². The number of nitrogens with zero attached hydrogens (tertiary/aromatic N) is 7. The van der Waals surface area contributed by atoms with E-state index in [1.807, 2.05) is 60.7 Å². The monoisotopic (exact) mass is 1800 g/mol. The maximum atomic E-state index is 5.03. The predicted octanol–water partition coefficient (Wildman–Crippen LogP) is 36.2. The largest absolute Gasteiger partial charge is 0.309 e. The Balaban J connectivity index is 0.0000000960. The van der Waals surface area contributed by atoms with Gasteiger partial charge in [-0.25, -0.2) is 15.0 Å². The van der Waals surface area contributed by atoms with E-state index in [-0.39, 0.29) is 0 Å². The lowest BCUT2D eigenvalue weighted by Crippen LogP contribution is -2.00. The third-order valence-corrected chi connectivity index (χ3v) is 31.4. The number of benzene rings is 26. The van der Waals surface area contributed by atoms with Crippen molar-refractivity contribution in [1.82, 2.24) is 32.7 Å². The normalized spacial score (nSPS) is 12.4. The van der Waals surface area contributed by atoms with Crippen molar-refractivity contribution in [2.45, 2.75) is 0 Å². The Morgan fingerprint density at radius 1 is 0.127 bits per heavy atom. The van der Waals surface area contributed by atoms with Crippen LogP contribution in [-0.4, -0.2) is 32.7 Å². The van der Waals surface area contributed by atoms with Crippen molar-refractivity contribution in [2.24, 2.45) is 0 Å². The van der Waals surface area contributed by atoms with Gasteiger partial charge in [-0.2, -0.15) is 0 Å². The van der Waals surface area contributed by atoms with Crippen molar-refractivity contribution in [3.8, 4) is 84.4 Å². The first-order valence-corrected chi connectivity index (χ1v) is 49.0. The van der Waals surface area contributed by atoms with Gasteiger partial charge in [-0.3, -0.25) is 0 Å². The summed E-state index contributed by atoms with van der Waals surface area (Å²) in [7, 11) is 0. The van der Waals surface area contributed by atoms with E-state index >= 15 is 0 Å². The predicted molar refractivity (Wildman–Crippen MR) is 600 cm³/mol. The van der Waals surface area contributed by atoms with Gasteiger partial charge in [0.05, 0.1) is 60.7 Å². The molecule has 0 saturated heterocycles. The summed E-state index contributed by atoms with van der Waals surface area (Å²) in [4.78, 5) is 15.0. The molecule has 8 aromatic heterocycles. The maximum absolute atomic E-state index is 5.03. The number of hydrogen-bond donors (Lipinski definition) is 0. The van der Waals surface area contributed by atoms with Gasteiger partial charge in [0.15, 0.2) is 17.5 Å². The van der Waals surface area contributed by atoms with Gasteiger partial charge in [-0.15, -0.1) is 0 Å². The van der Waals surface area contributed by atoms with Gasteiger partial charge in [0, 0.05) is 114 Å². The molecule has 0 aliphatic carbocycles. The molecule has 0 atom stereocenters. The Labute approximate surface area is 811 Å². The number of para-hydroxylation sites is 5. The van der Waals surface area contributed by atoms with Crippen LogP contribution in [0.3, 0.4) is 0 Å². The fourth-order valence-corrected chi connectivity index (χ4v) is 25.5. The molecule has 0 aliphatic heterocycles. The molecular weight excluding hydrogens is 1720 g/mol. The molecule has 0 bridgehead atoms. The minimum Gasteiger partial charge on any atom is -0.309 e. The molecule has 652 valence electrons. The molecule has 26 aromatic carbocycles. The van der Waals surface area contributed by atoms with Crippen LogP contribution in [0.2, 0.25) is 0 Å². The zero-order valence-corrected chi connectivity index (χ0v) is 76.6. The lowest BCUT2D eigenvalue weighted by Gasteiger charge is -2.15. The molecule has 7 nitrogen and oxygen atoms in total. The van der Waals surface area contributed by atoms with Gasteiger partial charge >= 0.3 is 0 Å². The summed E-state index contributed by atoms with van der Waals surface area (Å²) >= 11 is 0. The molecule has 0 radical (unpaired) electrons. The topological polar surface area (TPSA) is 56.8 Å². The van der Waals surface area contributed by atoms with Gasteiger partial charge < -0.3 is 17.8 Å². The number of rotatable bonds is 8. The average Bonchev–Trinajstić information content (AvgIpc) is 1.52. The lowest BCUT2D eigenvalue weighted by molar-refractivity contribution is 1.07. The Morgan fingerprint density at radius 2 is 0.380 bits per heavy atom. The van der Waals surface area contributed by atoms with E-state index in [1.54, 1.807) is 0 Å². The van der Waals surface area contributed by atoms with Crippen LogP contribution in [0, 0.1) is 0 Å². The molecule has 0 N–H and O–H groups in total. The Hall–Kier alpha value is -19.0. The van der Waals surface area contributed by atoms with Crippen LogP contribution in [-0.2, 0) is 0 Å². The highest BCUT2D eigenvalue weighted by atomic mass is 15.0. The van der Waals surface area contributed by atoms with Gasteiger partial charge in [0.2, 0.25) is 0 Å². The third-order valence-electron chi connectivity index (χ3n) is 31.4. The number of fused-ring (bicyclic) bond motifs is 30. The highest BCUT2D eigenvalue weighted by molar-refractivity contribution is 6.44. The van der Waals surface area contributed by atoms with Gasteiger partial charge in [-0.1, -0.05) is 382 Å². The Bertz CT molecular complexity index is 11200. The molecule has 8 heterocycles. The standard InChI is InChI=1S/C48H27N.C45H26N4.C42H24N2/c1-2-14-34-32(12-1)33-13-3-4-15-35(33)42-27-29(20-21-37(34)42)28-10-9-11-30(26-28)31-24-25-44-47-45(31)39-18-6-5-16-36(39)40-22-23-41-38-17-7-8-19-43(38)49(44)48(41)46(40)47;1-3-12-27(13-4-1)43-46-44(28-14-5-2-6-15-28)48-45(47-43)30-17-11-16-29(26-30)31-24-25-38-41-39(31)34-20-8-7-18-32(34)35-22-23-36-33-19-9-10-21-37(33)49(38)42(36)40(35)41;1-2-10-26(11-3-1)43-35-16-8-7-14-30(35)34-24-25(18-22-37(34)43)27-21-23-38-41-39(27)31-15-5-4-12-28(31)32-19-20-33-29-13-6-9-17-36(29)44(38)42(33)40(32)41/h1-27H;1-26H;1-24H. The van der Waals surface area contributed by atoms with Gasteiger partial charge in [0.25, 0.3) is 0 Å². The van der Waals surface area contributed by atoms with E-state index < -0.39 is 0 Å². The number of aromatic nitrogens is 7. The first-order chi connectivity index (χ1) is 70.5. The molecule has 0 fully saturated rings. The SMILES string of the molecule is c1cc(-c2ccc3c4ccccc4c4ccccc4c3c2)cc(-c2ccc3c4c2c2ccccc2c2ccc5c6ccccc6n3c5c24)c1.c1ccc(-c2nc(-c3ccccc3)nc(-c3cccc(-c4ccc5c6c4c4ccccc4c4ccc7c8ccccc8n5c7c46)c3)n2)cc1.c1ccc(-n2c3ccccc3c3cc(-c4ccc5c6c4c4ccccc4c4ccc7c8ccccc8n5c7c46)ccc32)cc1. The van der Waals surface area contributed by atoms with Crippen molar-refractivity contribution in [2.75, 3.05) is 0 Å². The first-order valence-electron chi connectivity index (χ1n) is 49.0. The second-order valence-corrected chi connectivity index (χ2v) is 38.5. The molecule has 34 rings (SSSR count). The van der Waals surface area contributed by atoms with Gasteiger partial charge in [-0.05, 0) is 210 Å². The lowest BCUT2D eigenvalue weighted by atomic mass is 9.88. The van der Waals surface area contributed by atoms with Crippen LogP contribution in [0.4, 0.5) is 0 Å². The van der Waals surface area contributed by atoms with Crippen LogP contribution in [0.15, 0.2) is 467 Å². The minimum absolute atomic E-state index is 0.652. The second kappa shape index (κ2) is 29.3. The van der Waals surface area contributed by atoms with E-state index in [0.717, 1.165) is 22.3 Å². The summed E-state index contributed by atoms with van der Waals surface area (Å²) < 4.78 is 9.89. The molecule has 0 aliphatic rings. The second-order valence-electron chi connectivity index (χ2n) is 38.5. The summed E-state index contributed by atoms with van der Waals surface area (Å²) in [6.07, 6.45) is 0. The quantitative estimate of drug-likeness (QED) is 0.142. The van der Waals surface area contributed by atoms with E-state index in [4.69, 9.17) is 15.0 Å². The van der Waals surface area contributed by atoms with Crippen molar-refractivity contribution in [3.05, 3.63) is 467 Å². The van der Waals surface area contributed by atoms with E-state index in [1.165, 1.54) is 278 Å². The molecular formula is C135H77N7. The van der Waals surface area contributed by atoms with Crippen LogP contribution in [0.1, 0.15) is 0 Å². The van der Waals surface area contributed by atoms with Crippen LogP contribution in [0.5, 0.6) is 0 Å². The number of hydrogen-bond acceptors (Lipinski definition) is 3. The Kier molecular flexibility index (Phi) is 15.9. The van der Waals surface area contributed by atoms with E-state index in [0.29, 0.717) is 17.5 Å². The summed E-state index contributed by atoms with van der Waals surface area (Å²) in [5.74, 6) is 1.97. The molecule has 0 spiro atoms. The highest BCUT2D eigenvalue weighted by Crippen LogP contribution is 2.56. The summed E-state index contributed by atoms with van der Waals surface area (Å²) in [5.41, 5.74) is 28.0. The Morgan fingerprint density at radius 3 is 0.803 bits per heavy atom. The minimum atomic E-state index is 0.652. The zero-order valence-electron chi connectivity index (χ0n) is 76.6. The average molecular weight is 1800 g/mol. The van der Waals surface area contributed by atoms with Crippen LogP contribution in [0.25, 0.3) is 317 Å². The third kappa shape index (κ3) is 10.7. The van der Waals surface area contributed by atoms with Crippen molar-refractivity contribution in [3.63, 3.8) is 0 Å². The molecule has 0 unspecified atom stereocenters. The zero-order chi connectivity index (χ0) is 92.4. The molecule has 0 amide bonds. The van der Waals surface area contributed by atoms with Gasteiger partial charge in [0.1, 0.15) is 0 Å². The van der Waals surface area contributed by atoms with Crippen molar-refractivity contribution in [1.29, 1.82) is 0 Å². The summed E-state index contributed by atoms with van der Waals surface area (Å²) in [5, 5.41) is 42.2. The summed E-state index contributed by atoms with van der Waals surface area (Å²) in [6, 6.07) is 171. The molecule has 142 heavy (non-hydrogen) atoms. The molecule has 0 saturated carbocycles. The summed E-state index contributed by atoms with van der Waals surface area (Å²) in [6.45, 7) is 0. The smallest absolute Gasteiger partial charge is 0.164 e.